The van der Waals surface area contributed by atoms with E-state index in [-0.39, 0.29) is 22.2 Å². The van der Waals surface area contributed by atoms with Crippen molar-refractivity contribution in [2.75, 3.05) is 31.9 Å². The van der Waals surface area contributed by atoms with E-state index in [0.29, 0.717) is 30.5 Å². The number of aromatic nitrogens is 1. The Hall–Kier alpha value is -2.31. The molecule has 1 aromatic heterocycles. The highest BCUT2D eigenvalue weighted by Crippen LogP contribution is 2.37. The Labute approximate surface area is 182 Å². The highest BCUT2D eigenvalue weighted by atomic mass is 35.5. The number of carbonyl (C=O) groups excluding carboxylic acids is 1. The number of fused-ring (bicyclic) bond motifs is 3. The third kappa shape index (κ3) is 4.87. The molecule has 0 saturated heterocycles. The standard InChI is InChI=1S/C23H29ClN2O4/c1-15(27)18-13-26-20(11-21(18)28)17-10-19(24)22(30-8-6-7-29-5)9-16(17)12-25(26)14-23(2,3)4/h9-11,13H,6-8,12,14H2,1-5H3. The molecule has 0 amide bonds. The van der Waals surface area contributed by atoms with Gasteiger partial charge in [-0.2, -0.15) is 0 Å². The van der Waals surface area contributed by atoms with Gasteiger partial charge in [0.1, 0.15) is 5.75 Å². The maximum Gasteiger partial charge on any atom is 0.193 e. The van der Waals surface area contributed by atoms with Gasteiger partial charge in [0.05, 0.1) is 29.4 Å². The summed E-state index contributed by atoms with van der Waals surface area (Å²) in [6.07, 6.45) is 2.42. The molecule has 162 valence electrons. The second kappa shape index (κ2) is 8.82. The fourth-order valence-electron chi connectivity index (χ4n) is 3.64. The van der Waals surface area contributed by atoms with Crippen LogP contribution in [0.3, 0.4) is 0 Å². The number of rotatable bonds is 7. The predicted octanol–water partition coefficient (Wildman–Crippen LogP) is 4.28. The fraction of sp³-hybridized carbons (Fsp3) is 0.478. The van der Waals surface area contributed by atoms with E-state index >= 15 is 0 Å². The first-order valence-electron chi connectivity index (χ1n) is 10.1. The predicted molar refractivity (Wildman–Crippen MR) is 119 cm³/mol. The number of ketones is 1. The topological polar surface area (TPSA) is 60.8 Å². The minimum absolute atomic E-state index is 0.0141. The minimum atomic E-state index is -0.284. The largest absolute Gasteiger partial charge is 0.492 e. The molecule has 0 atom stereocenters. The van der Waals surface area contributed by atoms with E-state index in [1.54, 1.807) is 13.3 Å². The summed E-state index contributed by atoms with van der Waals surface area (Å²) < 4.78 is 12.8. The molecule has 1 aliphatic heterocycles. The molecule has 0 spiro atoms. The lowest BCUT2D eigenvalue weighted by Gasteiger charge is -2.39. The first kappa shape index (κ1) is 22.4. The number of hydrogen-bond acceptors (Lipinski definition) is 5. The van der Waals surface area contributed by atoms with Crippen molar-refractivity contribution in [1.82, 2.24) is 4.68 Å². The number of halogens is 1. The summed E-state index contributed by atoms with van der Waals surface area (Å²) in [5.41, 5.74) is 2.55. The molecule has 0 radical (unpaired) electrons. The van der Waals surface area contributed by atoms with Crippen molar-refractivity contribution in [3.63, 3.8) is 0 Å². The summed E-state index contributed by atoms with van der Waals surface area (Å²) in [7, 11) is 1.66. The average molecular weight is 433 g/mol. The monoisotopic (exact) mass is 432 g/mol. The molecule has 2 aromatic rings. The second-order valence-electron chi connectivity index (χ2n) is 8.86. The van der Waals surface area contributed by atoms with Crippen LogP contribution in [0.5, 0.6) is 5.75 Å². The third-order valence-electron chi connectivity index (χ3n) is 4.91. The Balaban J connectivity index is 2.07. The zero-order chi connectivity index (χ0) is 22.1. The Morgan fingerprint density at radius 3 is 2.57 bits per heavy atom. The maximum absolute atomic E-state index is 12.6. The van der Waals surface area contributed by atoms with Gasteiger partial charge in [0.2, 0.25) is 0 Å². The molecule has 0 aliphatic carbocycles. The van der Waals surface area contributed by atoms with Crippen molar-refractivity contribution in [3.05, 3.63) is 50.8 Å². The average Bonchev–Trinajstić information content (AvgIpc) is 2.64. The summed E-state index contributed by atoms with van der Waals surface area (Å²) in [5.74, 6) is 0.382. The Morgan fingerprint density at radius 2 is 1.93 bits per heavy atom. The summed E-state index contributed by atoms with van der Waals surface area (Å²) in [4.78, 5) is 24.5. The van der Waals surface area contributed by atoms with E-state index in [4.69, 9.17) is 21.1 Å². The molecule has 6 nitrogen and oxygen atoms in total. The summed E-state index contributed by atoms with van der Waals surface area (Å²) in [6.45, 7) is 10.4. The number of ether oxygens (including phenoxy) is 2. The van der Waals surface area contributed by atoms with Gasteiger partial charge < -0.3 is 14.5 Å². The van der Waals surface area contributed by atoms with Gasteiger partial charge >= 0.3 is 0 Å². The summed E-state index contributed by atoms with van der Waals surface area (Å²) in [6, 6.07) is 5.32. The van der Waals surface area contributed by atoms with Crippen LogP contribution in [0.1, 0.15) is 50.0 Å². The molecule has 7 heteroatoms. The van der Waals surface area contributed by atoms with Gasteiger partial charge in [-0.1, -0.05) is 32.4 Å². The van der Waals surface area contributed by atoms with Crippen molar-refractivity contribution < 1.29 is 14.3 Å². The van der Waals surface area contributed by atoms with E-state index in [1.807, 2.05) is 16.8 Å². The Bertz CT molecular complexity index is 1010. The van der Waals surface area contributed by atoms with E-state index in [1.165, 1.54) is 13.0 Å². The zero-order valence-corrected chi connectivity index (χ0v) is 19.0. The smallest absolute Gasteiger partial charge is 0.193 e. The van der Waals surface area contributed by atoms with E-state index in [2.05, 4.69) is 25.8 Å². The molecule has 0 saturated carbocycles. The van der Waals surface area contributed by atoms with Crippen molar-refractivity contribution in [3.8, 4) is 17.0 Å². The maximum atomic E-state index is 12.6. The summed E-state index contributed by atoms with van der Waals surface area (Å²) in [5, 5.41) is 2.64. The number of nitrogens with zero attached hydrogens (tertiary/aromatic N) is 2. The number of pyridine rings is 1. The normalized spacial score (nSPS) is 13.1. The van der Waals surface area contributed by atoms with Crippen LogP contribution in [0.4, 0.5) is 0 Å². The van der Waals surface area contributed by atoms with E-state index in [0.717, 1.165) is 29.8 Å². The number of hydrogen-bond donors (Lipinski definition) is 0. The van der Waals surface area contributed by atoms with Gasteiger partial charge in [-0.25, -0.2) is 0 Å². The lowest BCUT2D eigenvalue weighted by atomic mass is 9.94. The van der Waals surface area contributed by atoms with Gasteiger partial charge in [0, 0.05) is 44.5 Å². The molecule has 0 N–H and O–H groups in total. The van der Waals surface area contributed by atoms with Crippen molar-refractivity contribution in [1.29, 1.82) is 0 Å². The second-order valence-corrected chi connectivity index (χ2v) is 9.26. The van der Waals surface area contributed by atoms with Crippen LogP contribution in [0.15, 0.2) is 29.2 Å². The van der Waals surface area contributed by atoms with Crippen LogP contribution in [-0.4, -0.2) is 37.3 Å². The number of Topliss-reactive ketones (excluding diaryl/α,β-unsaturated/α-hetero) is 1. The van der Waals surface area contributed by atoms with E-state index in [9.17, 15) is 9.59 Å². The molecule has 1 aliphatic rings. The first-order chi connectivity index (χ1) is 14.1. The number of carbonyl (C=O) groups is 1. The van der Waals surface area contributed by atoms with Gasteiger partial charge in [0.15, 0.2) is 11.2 Å². The summed E-state index contributed by atoms with van der Waals surface area (Å²) >= 11 is 6.49. The van der Waals surface area contributed by atoms with Crippen LogP contribution >= 0.6 is 11.6 Å². The SMILES string of the molecule is COCCCOc1cc2c(cc1Cl)-c1cc(=O)c(C(C)=O)cn1N(CC(C)(C)C)C2. The number of methoxy groups -OCH3 is 1. The minimum Gasteiger partial charge on any atom is -0.492 e. The van der Waals surface area contributed by atoms with E-state index < -0.39 is 0 Å². The van der Waals surface area contributed by atoms with Crippen LogP contribution in [0.25, 0.3) is 11.3 Å². The first-order valence-corrected chi connectivity index (χ1v) is 10.5. The fourth-order valence-corrected chi connectivity index (χ4v) is 3.85. The molecular weight excluding hydrogens is 404 g/mol. The van der Waals surface area contributed by atoms with Gasteiger partial charge in [0.25, 0.3) is 0 Å². The van der Waals surface area contributed by atoms with Crippen molar-refractivity contribution in [2.24, 2.45) is 5.41 Å². The van der Waals surface area contributed by atoms with Gasteiger partial charge in [-0.15, -0.1) is 0 Å². The highest BCUT2D eigenvalue weighted by molar-refractivity contribution is 6.32. The van der Waals surface area contributed by atoms with Crippen LogP contribution in [0, 0.1) is 5.41 Å². The van der Waals surface area contributed by atoms with Crippen LogP contribution in [0.2, 0.25) is 5.02 Å². The lowest BCUT2D eigenvalue weighted by Crippen LogP contribution is -2.44. The number of benzene rings is 1. The molecule has 1 aromatic carbocycles. The molecule has 0 unspecified atom stereocenters. The third-order valence-corrected chi connectivity index (χ3v) is 5.20. The van der Waals surface area contributed by atoms with Crippen molar-refractivity contribution >= 4 is 17.4 Å². The molecular formula is C23H29ClN2O4. The Morgan fingerprint density at radius 1 is 1.20 bits per heavy atom. The lowest BCUT2D eigenvalue weighted by molar-refractivity contribution is 0.101. The van der Waals surface area contributed by atoms with Crippen LogP contribution < -0.4 is 15.2 Å². The quantitative estimate of drug-likeness (QED) is 0.482. The zero-order valence-electron chi connectivity index (χ0n) is 18.3. The van der Waals surface area contributed by atoms with Gasteiger partial charge in [-0.05, 0) is 30.0 Å². The van der Waals surface area contributed by atoms with Gasteiger partial charge in [-0.3, -0.25) is 14.3 Å². The Kier molecular flexibility index (Phi) is 6.58. The molecule has 0 fully saturated rings. The molecule has 2 heterocycles. The molecule has 0 bridgehead atoms. The highest BCUT2D eigenvalue weighted by Gasteiger charge is 2.27. The van der Waals surface area contributed by atoms with Crippen LogP contribution in [-0.2, 0) is 11.3 Å². The molecule has 3 rings (SSSR count). The van der Waals surface area contributed by atoms with Crippen molar-refractivity contribution in [2.45, 2.75) is 40.7 Å². The molecule has 30 heavy (non-hydrogen) atoms.